The molecule has 0 spiro atoms. The molecule has 4 aromatic rings. The maximum absolute atomic E-state index is 12.8. The molecule has 44 heavy (non-hydrogen) atoms. The van der Waals surface area contributed by atoms with Crippen molar-refractivity contribution >= 4 is 40.2 Å². The van der Waals surface area contributed by atoms with Gasteiger partial charge in [0, 0.05) is 54.6 Å². The highest BCUT2D eigenvalue weighted by atomic mass is 16.6. The number of aromatic nitrogens is 1. The van der Waals surface area contributed by atoms with E-state index in [1.807, 2.05) is 75.4 Å². The molecule has 230 valence electrons. The minimum absolute atomic E-state index is 0.184. The Kier molecular flexibility index (Phi) is 10.4. The van der Waals surface area contributed by atoms with Gasteiger partial charge in [-0.3, -0.25) is 14.6 Å². The molecular formula is C34H39N5O5. The van der Waals surface area contributed by atoms with Crippen LogP contribution in [-0.2, 0) is 4.74 Å². The van der Waals surface area contributed by atoms with Gasteiger partial charge in [-0.25, -0.2) is 4.79 Å². The topological polar surface area (TPSA) is 131 Å². The lowest BCUT2D eigenvalue weighted by atomic mass is 9.98. The molecule has 4 N–H and O–H groups in total. The number of carbonyl (C=O) groups excluding carboxylic acids is 3. The predicted molar refractivity (Wildman–Crippen MR) is 173 cm³/mol. The standard InChI is InChI=1S/C34H39N5O5/c1-34(2,3)44-33(42)37-18-10-9-17-36-31(40)23-15-13-22(14-16-23)25-19-26-28(20-29(25)43-5)38-21-27(32(41)35-4)30(26)39-24-11-7-6-8-12-24/h6-8,11-16,19-21H,9-10,17-18H2,1-5H3,(H,35,41)(H,36,40)(H,37,42)(H,38,39). The number of methoxy groups -OCH3 is 1. The Morgan fingerprint density at radius 3 is 2.18 bits per heavy atom. The average molecular weight is 598 g/mol. The van der Waals surface area contributed by atoms with E-state index >= 15 is 0 Å². The number of rotatable bonds is 11. The molecule has 0 saturated carbocycles. The largest absolute Gasteiger partial charge is 0.496 e. The smallest absolute Gasteiger partial charge is 0.407 e. The second kappa shape index (κ2) is 14.4. The number of hydrogen-bond donors (Lipinski definition) is 4. The van der Waals surface area contributed by atoms with Crippen LogP contribution in [-0.4, -0.2) is 55.7 Å². The van der Waals surface area contributed by atoms with Crippen molar-refractivity contribution in [2.45, 2.75) is 39.2 Å². The Morgan fingerprint density at radius 2 is 1.55 bits per heavy atom. The Hall–Kier alpha value is -5.12. The number of alkyl carbamates (subject to hydrolysis) is 1. The monoisotopic (exact) mass is 597 g/mol. The van der Waals surface area contributed by atoms with Crippen molar-refractivity contribution in [3.8, 4) is 16.9 Å². The highest BCUT2D eigenvalue weighted by molar-refractivity contribution is 6.09. The number of benzene rings is 3. The third kappa shape index (κ3) is 8.25. The quantitative estimate of drug-likeness (QED) is 0.155. The van der Waals surface area contributed by atoms with Crippen LogP contribution < -0.4 is 26.0 Å². The summed E-state index contributed by atoms with van der Waals surface area (Å²) in [6, 6.07) is 20.7. The van der Waals surface area contributed by atoms with Gasteiger partial charge in [0.05, 0.1) is 23.9 Å². The van der Waals surface area contributed by atoms with E-state index in [-0.39, 0.29) is 11.8 Å². The van der Waals surface area contributed by atoms with E-state index in [0.717, 1.165) is 22.2 Å². The summed E-state index contributed by atoms with van der Waals surface area (Å²) in [6.45, 7) is 6.39. The van der Waals surface area contributed by atoms with Crippen molar-refractivity contribution in [2.75, 3.05) is 32.6 Å². The fourth-order valence-corrected chi connectivity index (χ4v) is 4.58. The van der Waals surface area contributed by atoms with Gasteiger partial charge >= 0.3 is 6.09 Å². The van der Waals surface area contributed by atoms with Crippen molar-refractivity contribution in [3.63, 3.8) is 0 Å². The zero-order valence-corrected chi connectivity index (χ0v) is 25.7. The lowest BCUT2D eigenvalue weighted by molar-refractivity contribution is 0.0526. The Morgan fingerprint density at radius 1 is 0.864 bits per heavy atom. The number of hydrogen-bond acceptors (Lipinski definition) is 7. The van der Waals surface area contributed by atoms with Gasteiger partial charge in [0.2, 0.25) is 0 Å². The molecule has 4 rings (SSSR count). The van der Waals surface area contributed by atoms with E-state index in [4.69, 9.17) is 9.47 Å². The highest BCUT2D eigenvalue weighted by Gasteiger charge is 2.19. The molecule has 1 heterocycles. The Bertz CT molecular complexity index is 1620. The van der Waals surface area contributed by atoms with Crippen LogP contribution in [0.5, 0.6) is 5.75 Å². The molecule has 0 saturated heterocycles. The number of amides is 3. The summed E-state index contributed by atoms with van der Waals surface area (Å²) in [5, 5.41) is 12.5. The molecule has 0 bridgehead atoms. The first kappa shape index (κ1) is 31.8. The van der Waals surface area contributed by atoms with Crippen LogP contribution in [0.15, 0.2) is 72.9 Å². The number of nitrogens with zero attached hydrogens (tertiary/aromatic N) is 1. The Balaban J connectivity index is 1.49. The number of unbranched alkanes of at least 4 members (excludes halogenated alkanes) is 1. The number of anilines is 2. The first-order chi connectivity index (χ1) is 21.1. The van der Waals surface area contributed by atoms with Crippen LogP contribution in [0.4, 0.5) is 16.2 Å². The summed E-state index contributed by atoms with van der Waals surface area (Å²) in [4.78, 5) is 41.8. The summed E-state index contributed by atoms with van der Waals surface area (Å²) in [5.41, 5.74) is 4.14. The number of nitrogens with one attached hydrogen (secondary N) is 4. The van der Waals surface area contributed by atoms with Crippen molar-refractivity contribution in [1.29, 1.82) is 0 Å². The van der Waals surface area contributed by atoms with Crippen molar-refractivity contribution in [2.24, 2.45) is 0 Å². The third-order valence-corrected chi connectivity index (χ3v) is 6.72. The fourth-order valence-electron chi connectivity index (χ4n) is 4.58. The van der Waals surface area contributed by atoms with E-state index in [1.54, 1.807) is 32.5 Å². The van der Waals surface area contributed by atoms with Crippen LogP contribution in [0.2, 0.25) is 0 Å². The number of fused-ring (bicyclic) bond motifs is 1. The zero-order chi connectivity index (χ0) is 31.7. The SMILES string of the molecule is CNC(=O)c1cnc2cc(OC)c(-c3ccc(C(=O)NCCCCNC(=O)OC(C)(C)C)cc3)cc2c1Nc1ccccc1. The summed E-state index contributed by atoms with van der Waals surface area (Å²) < 4.78 is 10.9. The highest BCUT2D eigenvalue weighted by Crippen LogP contribution is 2.38. The molecule has 3 aromatic carbocycles. The number of ether oxygens (including phenoxy) is 2. The second-order valence-electron chi connectivity index (χ2n) is 11.2. The molecule has 0 atom stereocenters. The number of carbonyl (C=O) groups is 3. The van der Waals surface area contributed by atoms with Crippen molar-refractivity contribution in [1.82, 2.24) is 20.9 Å². The maximum Gasteiger partial charge on any atom is 0.407 e. The fraction of sp³-hybridized carbons (Fsp3) is 0.294. The molecule has 1 aromatic heterocycles. The van der Waals surface area contributed by atoms with Crippen LogP contribution in [0, 0.1) is 0 Å². The van der Waals surface area contributed by atoms with E-state index in [1.165, 1.54) is 0 Å². The van der Waals surface area contributed by atoms with Crippen LogP contribution in [0.1, 0.15) is 54.3 Å². The molecule has 0 aliphatic carbocycles. The summed E-state index contributed by atoms with van der Waals surface area (Å²) in [5.74, 6) is 0.168. The summed E-state index contributed by atoms with van der Waals surface area (Å²) in [6.07, 6.45) is 2.52. The van der Waals surface area contributed by atoms with Gasteiger partial charge in [-0.05, 0) is 69.5 Å². The van der Waals surface area contributed by atoms with E-state index in [0.29, 0.717) is 54.0 Å². The molecule has 0 aliphatic rings. The van der Waals surface area contributed by atoms with Gasteiger partial charge in [-0.2, -0.15) is 0 Å². The summed E-state index contributed by atoms with van der Waals surface area (Å²) in [7, 11) is 3.18. The molecular weight excluding hydrogens is 558 g/mol. The van der Waals surface area contributed by atoms with Gasteiger partial charge < -0.3 is 30.7 Å². The van der Waals surface area contributed by atoms with Gasteiger partial charge in [0.15, 0.2) is 0 Å². The van der Waals surface area contributed by atoms with Gasteiger partial charge in [0.1, 0.15) is 11.4 Å². The van der Waals surface area contributed by atoms with Gasteiger partial charge in [-0.1, -0.05) is 30.3 Å². The Labute approximate surface area is 257 Å². The van der Waals surface area contributed by atoms with Crippen molar-refractivity contribution in [3.05, 3.63) is 84.1 Å². The average Bonchev–Trinajstić information content (AvgIpc) is 3.01. The van der Waals surface area contributed by atoms with E-state index in [2.05, 4.69) is 26.3 Å². The van der Waals surface area contributed by atoms with Crippen LogP contribution >= 0.6 is 0 Å². The lowest BCUT2D eigenvalue weighted by Crippen LogP contribution is -2.33. The maximum atomic E-state index is 12.8. The molecule has 10 nitrogen and oxygen atoms in total. The minimum atomic E-state index is -0.539. The van der Waals surface area contributed by atoms with Gasteiger partial charge in [-0.15, -0.1) is 0 Å². The zero-order valence-electron chi connectivity index (χ0n) is 25.7. The van der Waals surface area contributed by atoms with Crippen LogP contribution in [0.3, 0.4) is 0 Å². The third-order valence-electron chi connectivity index (χ3n) is 6.72. The first-order valence-corrected chi connectivity index (χ1v) is 14.5. The minimum Gasteiger partial charge on any atom is -0.496 e. The van der Waals surface area contributed by atoms with E-state index < -0.39 is 11.7 Å². The molecule has 0 radical (unpaired) electrons. The number of para-hydroxylation sites is 1. The molecule has 3 amide bonds. The molecule has 0 fully saturated rings. The lowest BCUT2D eigenvalue weighted by Gasteiger charge is -2.19. The normalized spacial score (nSPS) is 11.0. The molecule has 10 heteroatoms. The predicted octanol–water partition coefficient (Wildman–Crippen LogP) is 6.05. The summed E-state index contributed by atoms with van der Waals surface area (Å²) >= 11 is 0. The first-order valence-electron chi connectivity index (χ1n) is 14.5. The van der Waals surface area contributed by atoms with Gasteiger partial charge in [0.25, 0.3) is 11.8 Å². The van der Waals surface area contributed by atoms with Crippen molar-refractivity contribution < 1.29 is 23.9 Å². The molecule has 0 aliphatic heterocycles. The van der Waals surface area contributed by atoms with Crippen LogP contribution in [0.25, 0.3) is 22.0 Å². The molecule has 0 unspecified atom stereocenters. The second-order valence-corrected chi connectivity index (χ2v) is 11.2. The van der Waals surface area contributed by atoms with E-state index in [9.17, 15) is 14.4 Å². The number of pyridine rings is 1.